The van der Waals surface area contributed by atoms with Crippen molar-refractivity contribution in [2.75, 3.05) is 0 Å². The molecule has 2 aliphatic rings. The lowest BCUT2D eigenvalue weighted by Crippen LogP contribution is -2.31. The van der Waals surface area contributed by atoms with E-state index >= 15 is 0 Å². The van der Waals surface area contributed by atoms with Crippen LogP contribution in [0.15, 0.2) is 11.1 Å². The van der Waals surface area contributed by atoms with Gasteiger partial charge in [-0.15, -0.1) is 11.3 Å². The molecule has 0 unspecified atom stereocenters. The molecule has 0 amide bonds. The van der Waals surface area contributed by atoms with Gasteiger partial charge < -0.3 is 5.43 Å². The number of aliphatic imine (C=N–C) groups is 1. The lowest BCUT2D eigenvalue weighted by molar-refractivity contribution is 0.701. The summed E-state index contributed by atoms with van der Waals surface area (Å²) < 4.78 is 0. The summed E-state index contributed by atoms with van der Waals surface area (Å²) in [4.78, 5) is 7.62. The van der Waals surface area contributed by atoms with E-state index in [1.54, 1.807) is 4.88 Å². The van der Waals surface area contributed by atoms with E-state index in [2.05, 4.69) is 11.5 Å². The molecule has 1 aromatic rings. The minimum Gasteiger partial charge on any atom is -0.308 e. The van der Waals surface area contributed by atoms with Crippen molar-refractivity contribution in [3.8, 4) is 0 Å². The van der Waals surface area contributed by atoms with Crippen LogP contribution in [0, 0.1) is 0 Å². The molecule has 0 aromatic carbocycles. The first-order valence-corrected chi connectivity index (χ1v) is 8.35. The van der Waals surface area contributed by atoms with Crippen molar-refractivity contribution in [2.24, 2.45) is 10.8 Å². The van der Waals surface area contributed by atoms with Crippen molar-refractivity contribution in [3.63, 3.8) is 0 Å². The molecule has 3 N–H and O–H groups in total. The highest BCUT2D eigenvalue weighted by Gasteiger charge is 2.18. The zero-order valence-electron chi connectivity index (χ0n) is 11.5. The molecule has 0 atom stereocenters. The summed E-state index contributed by atoms with van der Waals surface area (Å²) in [6.45, 7) is 0. The summed E-state index contributed by atoms with van der Waals surface area (Å²) >= 11 is 1.89. The zero-order chi connectivity index (χ0) is 13.1. The molecule has 4 heteroatoms. The van der Waals surface area contributed by atoms with Gasteiger partial charge in [0.25, 0.3) is 0 Å². The van der Waals surface area contributed by atoms with Gasteiger partial charge in [-0.2, -0.15) is 0 Å². The van der Waals surface area contributed by atoms with Crippen molar-refractivity contribution < 1.29 is 0 Å². The van der Waals surface area contributed by atoms with E-state index in [1.165, 1.54) is 68.2 Å². The van der Waals surface area contributed by atoms with Crippen molar-refractivity contribution in [1.82, 2.24) is 5.43 Å². The van der Waals surface area contributed by atoms with Crippen LogP contribution in [-0.2, 0) is 12.8 Å². The number of fused-ring (bicyclic) bond motifs is 1. The van der Waals surface area contributed by atoms with E-state index in [9.17, 15) is 0 Å². The fraction of sp³-hybridized carbons (Fsp3) is 0.667. The summed E-state index contributed by atoms with van der Waals surface area (Å²) in [7, 11) is 0. The molecule has 19 heavy (non-hydrogen) atoms. The Morgan fingerprint density at radius 3 is 2.74 bits per heavy atom. The number of nitrogens with zero attached hydrogens (tertiary/aromatic N) is 1. The Morgan fingerprint density at radius 2 is 1.95 bits per heavy atom. The maximum absolute atomic E-state index is 5.70. The number of hydrazine groups is 1. The Labute approximate surface area is 119 Å². The lowest BCUT2D eigenvalue weighted by atomic mass is 10.1. The van der Waals surface area contributed by atoms with Crippen LogP contribution < -0.4 is 11.3 Å². The average molecular weight is 277 g/mol. The van der Waals surface area contributed by atoms with Gasteiger partial charge in [0.1, 0.15) is 0 Å². The summed E-state index contributed by atoms with van der Waals surface area (Å²) in [6, 6.07) is 2.80. The summed E-state index contributed by atoms with van der Waals surface area (Å²) in [6.07, 6.45) is 11.6. The minimum absolute atomic E-state index is 0.480. The first-order valence-electron chi connectivity index (χ1n) is 7.53. The SMILES string of the molecule is NNC(=NC1CCCC1)c1cc2c(s1)CCCCC2. The topological polar surface area (TPSA) is 50.4 Å². The van der Waals surface area contributed by atoms with Gasteiger partial charge >= 0.3 is 0 Å². The first-order chi connectivity index (χ1) is 9.36. The highest BCUT2D eigenvalue weighted by Crippen LogP contribution is 2.30. The van der Waals surface area contributed by atoms with Gasteiger partial charge in [0.05, 0.1) is 10.9 Å². The second-order valence-electron chi connectivity index (χ2n) is 5.68. The smallest absolute Gasteiger partial charge is 0.153 e. The van der Waals surface area contributed by atoms with Gasteiger partial charge in [0.15, 0.2) is 5.84 Å². The largest absolute Gasteiger partial charge is 0.308 e. The maximum Gasteiger partial charge on any atom is 0.153 e. The molecular formula is C15H23N3S. The summed E-state index contributed by atoms with van der Waals surface area (Å²) in [5.41, 5.74) is 4.36. The highest BCUT2D eigenvalue weighted by molar-refractivity contribution is 7.14. The van der Waals surface area contributed by atoms with E-state index in [-0.39, 0.29) is 0 Å². The Bertz CT molecular complexity index is 434. The molecule has 0 radical (unpaired) electrons. The average Bonchev–Trinajstić information content (AvgIpc) is 3.02. The molecule has 2 aliphatic carbocycles. The molecule has 0 saturated heterocycles. The second kappa shape index (κ2) is 6.06. The fourth-order valence-corrected chi connectivity index (χ4v) is 4.39. The number of thiophene rings is 1. The molecule has 3 rings (SSSR count). The maximum atomic E-state index is 5.70. The predicted molar refractivity (Wildman–Crippen MR) is 81.7 cm³/mol. The molecule has 0 spiro atoms. The van der Waals surface area contributed by atoms with E-state index in [0.717, 1.165) is 5.84 Å². The van der Waals surface area contributed by atoms with Gasteiger partial charge in [-0.05, 0) is 50.2 Å². The van der Waals surface area contributed by atoms with E-state index in [0.29, 0.717) is 6.04 Å². The van der Waals surface area contributed by atoms with Crippen LogP contribution in [0.25, 0.3) is 0 Å². The standard InChI is InChI=1S/C15H23N3S/c16-18-15(17-12-7-4-5-8-12)14-10-11-6-2-1-3-9-13(11)19-14/h10,12H,1-9,16H2,(H,17,18). The van der Waals surface area contributed by atoms with Crippen LogP contribution in [0.3, 0.4) is 0 Å². The van der Waals surface area contributed by atoms with E-state index in [1.807, 2.05) is 11.3 Å². The Hall–Kier alpha value is -0.870. The predicted octanol–water partition coefficient (Wildman–Crippen LogP) is 3.17. The monoisotopic (exact) mass is 277 g/mol. The Kier molecular flexibility index (Phi) is 4.18. The molecule has 1 aromatic heterocycles. The summed E-state index contributed by atoms with van der Waals surface area (Å²) in [5, 5.41) is 0. The van der Waals surface area contributed by atoms with Gasteiger partial charge in [-0.25, -0.2) is 5.84 Å². The number of nitrogens with two attached hydrogens (primary N) is 1. The van der Waals surface area contributed by atoms with Crippen LogP contribution >= 0.6 is 11.3 Å². The number of aryl methyl sites for hydroxylation is 2. The number of hydrogen-bond acceptors (Lipinski definition) is 3. The van der Waals surface area contributed by atoms with Crippen molar-refractivity contribution in [3.05, 3.63) is 21.4 Å². The molecule has 104 valence electrons. The van der Waals surface area contributed by atoms with E-state index < -0.39 is 0 Å². The number of nitrogens with one attached hydrogen (secondary N) is 1. The molecule has 0 aliphatic heterocycles. The van der Waals surface area contributed by atoms with Gasteiger partial charge in [0.2, 0.25) is 0 Å². The number of rotatable bonds is 2. The zero-order valence-corrected chi connectivity index (χ0v) is 12.3. The Balaban J connectivity index is 1.83. The Morgan fingerprint density at radius 1 is 1.16 bits per heavy atom. The third-order valence-electron chi connectivity index (χ3n) is 4.25. The van der Waals surface area contributed by atoms with Crippen molar-refractivity contribution in [1.29, 1.82) is 0 Å². The van der Waals surface area contributed by atoms with Crippen LogP contribution in [0.5, 0.6) is 0 Å². The fourth-order valence-electron chi connectivity index (χ4n) is 3.17. The molecule has 1 saturated carbocycles. The molecule has 3 nitrogen and oxygen atoms in total. The molecular weight excluding hydrogens is 254 g/mol. The second-order valence-corrected chi connectivity index (χ2v) is 6.82. The van der Waals surface area contributed by atoms with Crippen LogP contribution in [-0.4, -0.2) is 11.9 Å². The minimum atomic E-state index is 0.480. The summed E-state index contributed by atoms with van der Waals surface area (Å²) in [5.74, 6) is 6.60. The van der Waals surface area contributed by atoms with Crippen LogP contribution in [0.2, 0.25) is 0 Å². The van der Waals surface area contributed by atoms with Gasteiger partial charge in [-0.1, -0.05) is 19.3 Å². The van der Waals surface area contributed by atoms with Gasteiger partial charge in [0, 0.05) is 4.88 Å². The highest BCUT2D eigenvalue weighted by atomic mass is 32.1. The first kappa shape index (κ1) is 13.1. The third kappa shape index (κ3) is 3.00. The molecule has 1 fully saturated rings. The van der Waals surface area contributed by atoms with Crippen molar-refractivity contribution >= 4 is 17.2 Å². The number of amidine groups is 1. The molecule has 0 bridgehead atoms. The van der Waals surface area contributed by atoms with Crippen molar-refractivity contribution in [2.45, 2.75) is 63.8 Å². The number of hydrogen-bond donors (Lipinski definition) is 2. The normalized spacial score (nSPS) is 21.2. The van der Waals surface area contributed by atoms with Gasteiger partial charge in [-0.3, -0.25) is 4.99 Å². The molecule has 1 heterocycles. The van der Waals surface area contributed by atoms with Crippen LogP contribution in [0.4, 0.5) is 0 Å². The third-order valence-corrected chi connectivity index (χ3v) is 5.50. The van der Waals surface area contributed by atoms with E-state index in [4.69, 9.17) is 10.8 Å². The van der Waals surface area contributed by atoms with Crippen LogP contribution in [0.1, 0.15) is 60.3 Å². The quantitative estimate of drug-likeness (QED) is 0.287. The lowest BCUT2D eigenvalue weighted by Gasteiger charge is -2.07.